The molecule has 128 valence electrons. The number of alkyl halides is 3. The summed E-state index contributed by atoms with van der Waals surface area (Å²) in [5.41, 5.74) is -1.26. The summed E-state index contributed by atoms with van der Waals surface area (Å²) in [4.78, 5) is 13.9. The summed E-state index contributed by atoms with van der Waals surface area (Å²) >= 11 is 5.60. The molecule has 1 heterocycles. The van der Waals surface area contributed by atoms with Gasteiger partial charge in [0.1, 0.15) is 0 Å². The molecule has 0 unspecified atom stereocenters. The third-order valence-corrected chi connectivity index (χ3v) is 4.13. The first-order valence-electron chi connectivity index (χ1n) is 7.29. The molecule has 1 aromatic carbocycles. The molecule has 1 aliphatic rings. The molecule has 0 aromatic heterocycles. The maximum atomic E-state index is 13.0. The van der Waals surface area contributed by atoms with E-state index >= 15 is 0 Å². The number of nitrogens with one attached hydrogen (secondary N) is 1. The molecule has 0 radical (unpaired) electrons. The van der Waals surface area contributed by atoms with Gasteiger partial charge in [0.25, 0.3) is 0 Å². The number of hydrogen-bond donors (Lipinski definition) is 2. The maximum absolute atomic E-state index is 13.0. The van der Waals surface area contributed by atoms with Crippen molar-refractivity contribution in [1.29, 1.82) is 0 Å². The number of aliphatic hydroxyl groups excluding tert-OH is 1. The number of likely N-dealkylation sites (tertiary alicyclic amines) is 1. The SMILES string of the molecule is O=C(CN1CCC(CO)CC1)Nc1ccc(Cl)cc1C(F)(F)F. The second-order valence-electron chi connectivity index (χ2n) is 5.64. The minimum absolute atomic E-state index is 0.0259. The van der Waals surface area contributed by atoms with Gasteiger partial charge >= 0.3 is 6.18 Å². The molecule has 2 N–H and O–H groups in total. The molecule has 1 fully saturated rings. The third kappa shape index (κ3) is 5.09. The predicted molar refractivity (Wildman–Crippen MR) is 81.3 cm³/mol. The van der Waals surface area contributed by atoms with Crippen LogP contribution in [0.3, 0.4) is 0 Å². The normalized spacial score (nSPS) is 17.3. The zero-order chi connectivity index (χ0) is 17.0. The largest absolute Gasteiger partial charge is 0.418 e. The van der Waals surface area contributed by atoms with Gasteiger partial charge in [-0.15, -0.1) is 0 Å². The summed E-state index contributed by atoms with van der Waals surface area (Å²) in [5.74, 6) is -0.261. The van der Waals surface area contributed by atoms with E-state index in [0.29, 0.717) is 13.1 Å². The Labute approximate surface area is 137 Å². The molecule has 8 heteroatoms. The number of nitrogens with zero attached hydrogens (tertiary/aromatic N) is 1. The molecule has 0 atom stereocenters. The van der Waals surface area contributed by atoms with Crippen LogP contribution in [-0.4, -0.2) is 42.2 Å². The number of halogens is 4. The molecular formula is C15H18ClF3N2O2. The Bertz CT molecular complexity index is 558. The first-order valence-corrected chi connectivity index (χ1v) is 7.67. The Hall–Kier alpha value is -1.31. The number of hydrogen-bond acceptors (Lipinski definition) is 3. The molecule has 1 amide bonds. The van der Waals surface area contributed by atoms with Gasteiger partial charge in [-0.1, -0.05) is 11.6 Å². The van der Waals surface area contributed by atoms with Gasteiger partial charge in [-0.3, -0.25) is 9.69 Å². The number of amides is 1. The van der Waals surface area contributed by atoms with Crippen molar-refractivity contribution in [2.75, 3.05) is 31.6 Å². The van der Waals surface area contributed by atoms with Crippen LogP contribution in [0.25, 0.3) is 0 Å². The smallest absolute Gasteiger partial charge is 0.396 e. The molecule has 0 spiro atoms. The Morgan fingerprint density at radius 2 is 2.00 bits per heavy atom. The van der Waals surface area contributed by atoms with E-state index < -0.39 is 17.6 Å². The van der Waals surface area contributed by atoms with Crippen LogP contribution in [-0.2, 0) is 11.0 Å². The zero-order valence-electron chi connectivity index (χ0n) is 12.4. The van der Waals surface area contributed by atoms with Crippen LogP contribution in [0.2, 0.25) is 5.02 Å². The number of piperidine rings is 1. The summed E-state index contributed by atoms with van der Waals surface area (Å²) < 4.78 is 38.9. The predicted octanol–water partition coefficient (Wildman–Crippen LogP) is 3.00. The van der Waals surface area contributed by atoms with Crippen molar-refractivity contribution < 1.29 is 23.1 Å². The summed E-state index contributed by atoms with van der Waals surface area (Å²) in [5, 5.41) is 11.3. The van der Waals surface area contributed by atoms with E-state index in [9.17, 15) is 18.0 Å². The highest BCUT2D eigenvalue weighted by molar-refractivity contribution is 6.30. The van der Waals surface area contributed by atoms with E-state index in [4.69, 9.17) is 16.7 Å². The van der Waals surface area contributed by atoms with Crippen molar-refractivity contribution in [1.82, 2.24) is 4.90 Å². The van der Waals surface area contributed by atoms with E-state index in [1.165, 1.54) is 6.07 Å². The van der Waals surface area contributed by atoms with Crippen LogP contribution in [0, 0.1) is 5.92 Å². The minimum Gasteiger partial charge on any atom is -0.396 e. The lowest BCUT2D eigenvalue weighted by molar-refractivity contribution is -0.137. The highest BCUT2D eigenvalue weighted by Gasteiger charge is 2.34. The van der Waals surface area contributed by atoms with E-state index in [0.717, 1.165) is 25.0 Å². The Balaban J connectivity index is 1.98. The third-order valence-electron chi connectivity index (χ3n) is 3.89. The lowest BCUT2D eigenvalue weighted by atomic mass is 9.98. The van der Waals surface area contributed by atoms with Gasteiger partial charge in [0.05, 0.1) is 17.8 Å². The Kier molecular flexibility index (Phi) is 5.89. The highest BCUT2D eigenvalue weighted by atomic mass is 35.5. The topological polar surface area (TPSA) is 52.6 Å². The number of carbonyl (C=O) groups is 1. The lowest BCUT2D eigenvalue weighted by Gasteiger charge is -2.30. The van der Waals surface area contributed by atoms with Crippen LogP contribution < -0.4 is 5.32 Å². The molecule has 1 saturated heterocycles. The number of aliphatic hydroxyl groups is 1. The van der Waals surface area contributed by atoms with Crippen molar-refractivity contribution in [2.24, 2.45) is 5.92 Å². The van der Waals surface area contributed by atoms with Crippen LogP contribution in [0.5, 0.6) is 0 Å². The quantitative estimate of drug-likeness (QED) is 0.877. The summed E-state index contributed by atoms with van der Waals surface area (Å²) in [6.07, 6.45) is -3.04. The zero-order valence-corrected chi connectivity index (χ0v) is 13.1. The molecule has 2 rings (SSSR count). The number of rotatable bonds is 4. The highest BCUT2D eigenvalue weighted by Crippen LogP contribution is 2.36. The standard InChI is InChI=1S/C15H18ClF3N2O2/c16-11-1-2-13(12(7-11)15(17,18)19)20-14(23)8-21-5-3-10(9-22)4-6-21/h1-2,7,10,22H,3-6,8-9H2,(H,20,23). The molecule has 4 nitrogen and oxygen atoms in total. The average Bonchev–Trinajstić information content (AvgIpc) is 2.49. The monoisotopic (exact) mass is 350 g/mol. The van der Waals surface area contributed by atoms with E-state index in [1.54, 1.807) is 0 Å². The average molecular weight is 351 g/mol. The van der Waals surface area contributed by atoms with Crippen molar-refractivity contribution in [3.8, 4) is 0 Å². The molecular weight excluding hydrogens is 333 g/mol. The molecule has 0 bridgehead atoms. The van der Waals surface area contributed by atoms with Crippen molar-refractivity contribution in [3.05, 3.63) is 28.8 Å². The van der Waals surface area contributed by atoms with Crippen molar-refractivity contribution in [2.45, 2.75) is 19.0 Å². The molecule has 0 aliphatic carbocycles. The van der Waals surface area contributed by atoms with Gasteiger partial charge in [0.15, 0.2) is 0 Å². The van der Waals surface area contributed by atoms with Gasteiger partial charge in [0.2, 0.25) is 5.91 Å². The molecule has 1 aromatic rings. The Morgan fingerprint density at radius 1 is 1.35 bits per heavy atom. The first-order chi connectivity index (χ1) is 10.8. The fourth-order valence-corrected chi connectivity index (χ4v) is 2.75. The van der Waals surface area contributed by atoms with E-state index in [-0.39, 0.29) is 29.8 Å². The summed E-state index contributed by atoms with van der Waals surface area (Å²) in [6.45, 7) is 1.44. The molecule has 23 heavy (non-hydrogen) atoms. The lowest BCUT2D eigenvalue weighted by Crippen LogP contribution is -2.40. The van der Waals surface area contributed by atoms with Gasteiger partial charge in [-0.05, 0) is 50.0 Å². The molecule has 1 aliphatic heterocycles. The van der Waals surface area contributed by atoms with Crippen LogP contribution in [0.15, 0.2) is 18.2 Å². The van der Waals surface area contributed by atoms with Crippen molar-refractivity contribution >= 4 is 23.2 Å². The van der Waals surface area contributed by atoms with Crippen LogP contribution in [0.1, 0.15) is 18.4 Å². The second-order valence-corrected chi connectivity index (χ2v) is 6.07. The van der Waals surface area contributed by atoms with Crippen molar-refractivity contribution in [3.63, 3.8) is 0 Å². The summed E-state index contributed by atoms with van der Waals surface area (Å²) in [6, 6.07) is 3.25. The number of carbonyl (C=O) groups excluding carboxylic acids is 1. The summed E-state index contributed by atoms with van der Waals surface area (Å²) in [7, 11) is 0. The van der Waals surface area contributed by atoms with Gasteiger partial charge in [-0.2, -0.15) is 13.2 Å². The number of benzene rings is 1. The number of anilines is 1. The van der Waals surface area contributed by atoms with E-state index in [2.05, 4.69) is 5.32 Å². The molecule has 0 saturated carbocycles. The minimum atomic E-state index is -4.59. The maximum Gasteiger partial charge on any atom is 0.418 e. The van der Waals surface area contributed by atoms with Gasteiger partial charge < -0.3 is 10.4 Å². The van der Waals surface area contributed by atoms with E-state index in [1.807, 2.05) is 4.90 Å². The first kappa shape index (κ1) is 18.0. The van der Waals surface area contributed by atoms with Gasteiger partial charge in [0, 0.05) is 11.6 Å². The van der Waals surface area contributed by atoms with Crippen LogP contribution in [0.4, 0.5) is 18.9 Å². The van der Waals surface area contributed by atoms with Crippen LogP contribution >= 0.6 is 11.6 Å². The Morgan fingerprint density at radius 3 is 2.57 bits per heavy atom. The second kappa shape index (κ2) is 7.51. The van der Waals surface area contributed by atoms with Gasteiger partial charge in [-0.25, -0.2) is 0 Å². The fourth-order valence-electron chi connectivity index (χ4n) is 2.58. The fraction of sp³-hybridized carbons (Fsp3) is 0.533.